The molecule has 2 rings (SSSR count). The van der Waals surface area contributed by atoms with Gasteiger partial charge in [-0.15, -0.1) is 0 Å². The van der Waals surface area contributed by atoms with E-state index in [1.807, 2.05) is 54.6 Å². The molecule has 3 N–H and O–H groups in total. The smallest absolute Gasteiger partial charge is 0.268 e. The lowest BCUT2D eigenvalue weighted by atomic mass is 9.93. The van der Waals surface area contributed by atoms with Crippen LogP contribution in [0.3, 0.4) is 0 Å². The average Bonchev–Trinajstić information content (AvgIpc) is 2.65. The first kappa shape index (κ1) is 20.2. The number of ketones is 1. The lowest BCUT2D eigenvalue weighted by Gasteiger charge is -2.31. The van der Waals surface area contributed by atoms with Gasteiger partial charge in [-0.2, -0.15) is 0 Å². The highest BCUT2D eigenvalue weighted by atomic mass is 19.3. The molecule has 0 radical (unpaired) electrons. The van der Waals surface area contributed by atoms with Gasteiger partial charge in [-0.25, -0.2) is 8.78 Å². The maximum absolute atomic E-state index is 13.0. The number of Topliss-reactive ketones (excluding diaryl/α,β-unsaturated/α-hetero) is 1. The highest BCUT2D eigenvalue weighted by molar-refractivity contribution is 5.86. The topological polar surface area (TPSA) is 69.6 Å². The number of halogens is 2. The maximum Gasteiger partial charge on any atom is 0.268 e. The normalized spacial score (nSPS) is 14.8. The van der Waals surface area contributed by atoms with E-state index < -0.39 is 30.5 Å². The number of hydrogen-bond donors (Lipinski definition) is 3. The second-order valence-electron chi connectivity index (χ2n) is 6.35. The third kappa shape index (κ3) is 4.94. The van der Waals surface area contributed by atoms with Crippen LogP contribution in [0.1, 0.15) is 12.5 Å². The molecule has 0 heterocycles. The number of aliphatic hydroxyl groups excluding tert-OH is 1. The van der Waals surface area contributed by atoms with Gasteiger partial charge in [0.15, 0.2) is 5.78 Å². The number of benzene rings is 2. The van der Waals surface area contributed by atoms with Crippen molar-refractivity contribution in [2.45, 2.75) is 31.4 Å². The Kier molecular flexibility index (Phi) is 6.97. The van der Waals surface area contributed by atoms with Crippen LogP contribution in [0.5, 0.6) is 0 Å². The zero-order chi connectivity index (χ0) is 19.2. The third-order valence-electron chi connectivity index (χ3n) is 4.33. The van der Waals surface area contributed by atoms with Crippen molar-refractivity contribution < 1.29 is 23.8 Å². The van der Waals surface area contributed by atoms with Gasteiger partial charge in [-0.3, -0.25) is 4.79 Å². The predicted octanol–water partition coefficient (Wildman–Crippen LogP) is 2.43. The van der Waals surface area contributed by atoms with Gasteiger partial charge in [0.05, 0.1) is 0 Å². The van der Waals surface area contributed by atoms with E-state index in [1.165, 1.54) is 0 Å². The van der Waals surface area contributed by atoms with Crippen molar-refractivity contribution in [3.63, 3.8) is 0 Å². The Labute approximate surface area is 151 Å². The molecule has 0 fully saturated rings. The van der Waals surface area contributed by atoms with Crippen LogP contribution >= 0.6 is 0 Å². The molecule has 2 aromatic carbocycles. The van der Waals surface area contributed by atoms with E-state index in [2.05, 4.69) is 5.32 Å². The summed E-state index contributed by atoms with van der Waals surface area (Å²) in [6, 6.07) is 16.1. The van der Waals surface area contributed by atoms with Crippen LogP contribution < -0.4 is 5.32 Å². The molecule has 0 unspecified atom stereocenters. The van der Waals surface area contributed by atoms with Crippen LogP contribution in [0.25, 0.3) is 11.1 Å². The fourth-order valence-corrected chi connectivity index (χ4v) is 2.72. The molecule has 0 aromatic heterocycles. The molecular formula is C20H23F2NO3. The Hall–Kier alpha value is -2.15. The second kappa shape index (κ2) is 8.98. The largest absolute Gasteiger partial charge is 0.389 e. The molecule has 0 aliphatic carbocycles. The zero-order valence-corrected chi connectivity index (χ0v) is 14.5. The minimum atomic E-state index is -3.11. The van der Waals surface area contributed by atoms with Crippen molar-refractivity contribution in [2.24, 2.45) is 0 Å². The number of hydrogen-bond acceptors (Lipinski definition) is 4. The molecule has 26 heavy (non-hydrogen) atoms. The van der Waals surface area contributed by atoms with Crippen LogP contribution in [0.15, 0.2) is 54.6 Å². The zero-order valence-electron chi connectivity index (χ0n) is 14.5. The van der Waals surface area contributed by atoms with Crippen LogP contribution in [0.2, 0.25) is 0 Å². The highest BCUT2D eigenvalue weighted by Gasteiger charge is 2.44. The monoisotopic (exact) mass is 363 g/mol. The first-order chi connectivity index (χ1) is 12.4. The summed E-state index contributed by atoms with van der Waals surface area (Å²) in [5, 5.41) is 21.5. The fraction of sp³-hybridized carbons (Fsp3) is 0.350. The molecule has 0 saturated heterocycles. The molecule has 0 amide bonds. The quantitative estimate of drug-likeness (QED) is 0.640. The number of carbonyl (C=O) groups excluding carboxylic acids is 1. The number of carbonyl (C=O) groups is 1. The van der Waals surface area contributed by atoms with Gasteiger partial charge in [-0.1, -0.05) is 54.6 Å². The molecule has 0 aliphatic heterocycles. The first-order valence-corrected chi connectivity index (χ1v) is 8.38. The van der Waals surface area contributed by atoms with E-state index in [0.717, 1.165) is 23.6 Å². The summed E-state index contributed by atoms with van der Waals surface area (Å²) >= 11 is 0. The Morgan fingerprint density at radius 1 is 1.08 bits per heavy atom. The van der Waals surface area contributed by atoms with Gasteiger partial charge in [0.2, 0.25) is 0 Å². The average molecular weight is 363 g/mol. The van der Waals surface area contributed by atoms with Crippen molar-refractivity contribution in [3.8, 4) is 11.1 Å². The molecular weight excluding hydrogens is 340 g/mol. The maximum atomic E-state index is 13.0. The molecule has 4 nitrogen and oxygen atoms in total. The van der Waals surface area contributed by atoms with E-state index in [-0.39, 0.29) is 6.54 Å². The van der Waals surface area contributed by atoms with Gasteiger partial charge < -0.3 is 15.5 Å². The van der Waals surface area contributed by atoms with Gasteiger partial charge in [0.25, 0.3) is 6.43 Å². The first-order valence-electron chi connectivity index (χ1n) is 8.38. The second-order valence-corrected chi connectivity index (χ2v) is 6.35. The van der Waals surface area contributed by atoms with Crippen molar-refractivity contribution in [2.75, 3.05) is 13.2 Å². The summed E-state index contributed by atoms with van der Waals surface area (Å²) in [4.78, 5) is 11.7. The summed E-state index contributed by atoms with van der Waals surface area (Å²) in [6.45, 7) is 0.188. The molecule has 0 spiro atoms. The van der Waals surface area contributed by atoms with E-state index in [1.54, 1.807) is 0 Å². The summed E-state index contributed by atoms with van der Waals surface area (Å²) in [5.41, 5.74) is 0.580. The molecule has 2 aromatic rings. The minimum Gasteiger partial charge on any atom is -0.389 e. The van der Waals surface area contributed by atoms with Gasteiger partial charge in [0, 0.05) is 0 Å². The minimum absolute atomic E-state index is 0.212. The SMILES string of the molecule is C[C@@](O)(C(F)F)[C@H](NCCc1ccc(-c2ccccc2)cc1)C(=O)CO. The van der Waals surface area contributed by atoms with Crippen molar-refractivity contribution in [1.82, 2.24) is 5.32 Å². The van der Waals surface area contributed by atoms with Crippen LogP contribution in [0, 0.1) is 0 Å². The summed E-state index contributed by atoms with van der Waals surface area (Å²) in [6.07, 6.45) is -2.62. The van der Waals surface area contributed by atoms with Crippen molar-refractivity contribution >= 4 is 5.78 Å². The summed E-state index contributed by atoms with van der Waals surface area (Å²) in [5.74, 6) is -0.866. The van der Waals surface area contributed by atoms with Crippen molar-refractivity contribution in [1.29, 1.82) is 0 Å². The van der Waals surface area contributed by atoms with E-state index in [9.17, 15) is 18.7 Å². The van der Waals surface area contributed by atoms with Crippen LogP contribution in [0.4, 0.5) is 8.78 Å². The van der Waals surface area contributed by atoms with E-state index in [0.29, 0.717) is 6.42 Å². The van der Waals surface area contributed by atoms with Crippen LogP contribution in [-0.2, 0) is 11.2 Å². The molecule has 0 bridgehead atoms. The third-order valence-corrected chi connectivity index (χ3v) is 4.33. The van der Waals surface area contributed by atoms with E-state index in [4.69, 9.17) is 5.11 Å². The Morgan fingerprint density at radius 2 is 1.65 bits per heavy atom. The van der Waals surface area contributed by atoms with Gasteiger partial charge >= 0.3 is 0 Å². The fourth-order valence-electron chi connectivity index (χ4n) is 2.72. The lowest BCUT2D eigenvalue weighted by molar-refractivity contribution is -0.143. The summed E-state index contributed by atoms with van der Waals surface area (Å²) < 4.78 is 26.0. The Bertz CT molecular complexity index is 703. The lowest BCUT2D eigenvalue weighted by Crippen LogP contribution is -2.58. The number of rotatable bonds is 9. The highest BCUT2D eigenvalue weighted by Crippen LogP contribution is 2.21. The summed E-state index contributed by atoms with van der Waals surface area (Å²) in [7, 11) is 0. The standard InChI is InChI=1S/C20H23F2NO3/c1-20(26,19(21)22)18(17(25)13-24)23-12-11-14-7-9-16(10-8-14)15-5-3-2-4-6-15/h2-10,18-19,23-24,26H,11-13H2,1H3/t18-,20+/m1/s1. The van der Waals surface area contributed by atoms with Crippen LogP contribution in [-0.4, -0.2) is 47.2 Å². The Balaban J connectivity index is 1.98. The molecule has 2 atom stereocenters. The number of aliphatic hydroxyl groups is 2. The van der Waals surface area contributed by atoms with Gasteiger partial charge in [0.1, 0.15) is 18.2 Å². The predicted molar refractivity (Wildman–Crippen MR) is 96.1 cm³/mol. The Morgan fingerprint density at radius 3 is 2.19 bits per heavy atom. The van der Waals surface area contributed by atoms with E-state index >= 15 is 0 Å². The molecule has 0 aliphatic rings. The van der Waals surface area contributed by atoms with Gasteiger partial charge in [-0.05, 0) is 36.6 Å². The molecule has 0 saturated carbocycles. The molecule has 6 heteroatoms. The molecule has 140 valence electrons. The number of alkyl halides is 2. The van der Waals surface area contributed by atoms with Crippen molar-refractivity contribution in [3.05, 3.63) is 60.2 Å². The number of nitrogens with one attached hydrogen (secondary N) is 1.